The summed E-state index contributed by atoms with van der Waals surface area (Å²) in [7, 11) is -3.24. The molecule has 0 spiro atoms. The van der Waals surface area contributed by atoms with Crippen LogP contribution in [-0.4, -0.2) is 61.6 Å². The van der Waals surface area contributed by atoms with Gasteiger partial charge in [0, 0.05) is 19.0 Å². The molecule has 0 bridgehead atoms. The molecule has 1 fully saturated rings. The summed E-state index contributed by atoms with van der Waals surface area (Å²) in [6.45, 7) is 3.35. The molecule has 1 aliphatic rings. The minimum atomic E-state index is -3.24. The van der Waals surface area contributed by atoms with Crippen LogP contribution in [0.25, 0.3) is 0 Å². The zero-order chi connectivity index (χ0) is 13.8. The SMILES string of the molecule is CC1CCN(CCS(=O)(=O)CCC(N)=O)C1CO. The van der Waals surface area contributed by atoms with Crippen molar-refractivity contribution < 1.29 is 18.3 Å². The van der Waals surface area contributed by atoms with Crippen molar-refractivity contribution in [1.29, 1.82) is 0 Å². The third-order valence-electron chi connectivity index (χ3n) is 3.53. The van der Waals surface area contributed by atoms with E-state index in [0.29, 0.717) is 12.5 Å². The number of carbonyl (C=O) groups is 1. The molecule has 1 amide bonds. The molecule has 1 saturated heterocycles. The van der Waals surface area contributed by atoms with Gasteiger partial charge in [0.25, 0.3) is 0 Å². The van der Waals surface area contributed by atoms with Crippen LogP contribution < -0.4 is 5.73 Å². The van der Waals surface area contributed by atoms with Crippen molar-refractivity contribution in [2.75, 3.05) is 31.2 Å². The maximum atomic E-state index is 11.7. The quantitative estimate of drug-likeness (QED) is 0.621. The fourth-order valence-corrected chi connectivity index (χ4v) is 3.50. The van der Waals surface area contributed by atoms with Gasteiger partial charge < -0.3 is 10.8 Å². The molecule has 0 saturated carbocycles. The Morgan fingerprint density at radius 2 is 2.11 bits per heavy atom. The van der Waals surface area contributed by atoms with Gasteiger partial charge in [-0.1, -0.05) is 6.92 Å². The van der Waals surface area contributed by atoms with Crippen molar-refractivity contribution >= 4 is 15.7 Å². The number of hydrogen-bond donors (Lipinski definition) is 2. The Kier molecular flexibility index (Phi) is 5.55. The van der Waals surface area contributed by atoms with E-state index in [1.807, 2.05) is 4.90 Å². The van der Waals surface area contributed by atoms with E-state index in [1.54, 1.807) is 0 Å². The lowest BCUT2D eigenvalue weighted by molar-refractivity contribution is -0.117. The number of nitrogens with two attached hydrogens (primary N) is 1. The normalized spacial score (nSPS) is 25.4. The van der Waals surface area contributed by atoms with Crippen molar-refractivity contribution in [2.24, 2.45) is 11.7 Å². The lowest BCUT2D eigenvalue weighted by Crippen LogP contribution is -2.38. The van der Waals surface area contributed by atoms with Crippen molar-refractivity contribution in [3.63, 3.8) is 0 Å². The van der Waals surface area contributed by atoms with Gasteiger partial charge in [0.05, 0.1) is 18.1 Å². The van der Waals surface area contributed by atoms with Gasteiger partial charge in [0.15, 0.2) is 9.84 Å². The van der Waals surface area contributed by atoms with Crippen LogP contribution in [0.3, 0.4) is 0 Å². The molecule has 18 heavy (non-hydrogen) atoms. The van der Waals surface area contributed by atoms with E-state index in [-0.39, 0.29) is 30.6 Å². The topological polar surface area (TPSA) is 101 Å². The molecular formula is C11H22N2O4S. The third kappa shape index (κ3) is 4.55. The maximum absolute atomic E-state index is 11.7. The smallest absolute Gasteiger partial charge is 0.218 e. The van der Waals surface area contributed by atoms with E-state index in [1.165, 1.54) is 0 Å². The summed E-state index contributed by atoms with van der Waals surface area (Å²) in [6.07, 6.45) is 0.856. The number of aliphatic hydroxyl groups is 1. The highest BCUT2D eigenvalue weighted by atomic mass is 32.2. The Morgan fingerprint density at radius 1 is 1.44 bits per heavy atom. The average molecular weight is 278 g/mol. The molecule has 1 heterocycles. The number of aliphatic hydroxyl groups excluding tert-OH is 1. The molecule has 1 rings (SSSR count). The second-order valence-corrected chi connectivity index (χ2v) is 7.22. The van der Waals surface area contributed by atoms with Crippen LogP contribution >= 0.6 is 0 Å². The molecule has 0 aromatic heterocycles. The van der Waals surface area contributed by atoms with E-state index in [4.69, 9.17) is 5.73 Å². The number of rotatable bonds is 7. The first-order valence-corrected chi connectivity index (χ1v) is 8.01. The molecule has 6 nitrogen and oxygen atoms in total. The summed E-state index contributed by atoms with van der Waals surface area (Å²) in [5, 5.41) is 9.26. The Labute approximate surface area is 108 Å². The van der Waals surface area contributed by atoms with Gasteiger partial charge in [-0.05, 0) is 18.9 Å². The number of sulfone groups is 1. The molecule has 2 atom stereocenters. The van der Waals surface area contributed by atoms with Crippen LogP contribution in [0.5, 0.6) is 0 Å². The Morgan fingerprint density at radius 3 is 2.67 bits per heavy atom. The monoisotopic (exact) mass is 278 g/mol. The van der Waals surface area contributed by atoms with Gasteiger partial charge in [0.2, 0.25) is 5.91 Å². The van der Waals surface area contributed by atoms with Crippen LogP contribution in [0.1, 0.15) is 19.8 Å². The second-order valence-electron chi connectivity index (χ2n) is 4.92. The van der Waals surface area contributed by atoms with Gasteiger partial charge in [0.1, 0.15) is 0 Å². The number of likely N-dealkylation sites (tertiary alicyclic amines) is 1. The Hall–Kier alpha value is -0.660. The summed E-state index contributed by atoms with van der Waals surface area (Å²) in [5.74, 6) is -0.371. The number of carbonyl (C=O) groups excluding carboxylic acids is 1. The van der Waals surface area contributed by atoms with E-state index >= 15 is 0 Å². The highest BCUT2D eigenvalue weighted by Gasteiger charge is 2.30. The summed E-state index contributed by atoms with van der Waals surface area (Å²) in [5.41, 5.74) is 4.93. The molecular weight excluding hydrogens is 256 g/mol. The molecule has 0 aliphatic carbocycles. The first-order chi connectivity index (χ1) is 8.35. The number of hydrogen-bond acceptors (Lipinski definition) is 5. The Balaban J connectivity index is 2.42. The van der Waals surface area contributed by atoms with Crippen LogP contribution in [0.4, 0.5) is 0 Å². The van der Waals surface area contributed by atoms with Crippen LogP contribution in [0, 0.1) is 5.92 Å². The second kappa shape index (κ2) is 6.49. The minimum absolute atomic E-state index is 0.0174. The minimum Gasteiger partial charge on any atom is -0.395 e. The zero-order valence-corrected chi connectivity index (χ0v) is 11.5. The molecule has 3 N–H and O–H groups in total. The van der Waals surface area contributed by atoms with Crippen LogP contribution in [0.15, 0.2) is 0 Å². The lowest BCUT2D eigenvalue weighted by atomic mass is 10.0. The number of primary amides is 1. The van der Waals surface area contributed by atoms with Gasteiger partial charge in [-0.3, -0.25) is 9.69 Å². The molecule has 7 heteroatoms. The summed E-state index contributed by atoms with van der Waals surface area (Å²) < 4.78 is 23.3. The van der Waals surface area contributed by atoms with Crippen LogP contribution in [0.2, 0.25) is 0 Å². The average Bonchev–Trinajstić information content (AvgIpc) is 2.65. The highest BCUT2D eigenvalue weighted by Crippen LogP contribution is 2.23. The predicted molar refractivity (Wildman–Crippen MR) is 68.7 cm³/mol. The first-order valence-electron chi connectivity index (χ1n) is 6.19. The molecule has 0 aromatic rings. The van der Waals surface area contributed by atoms with Crippen LogP contribution in [-0.2, 0) is 14.6 Å². The number of amides is 1. The molecule has 2 unspecified atom stereocenters. The molecule has 106 valence electrons. The summed E-state index contributed by atoms with van der Waals surface area (Å²) >= 11 is 0. The van der Waals surface area contributed by atoms with E-state index in [2.05, 4.69) is 6.92 Å². The van der Waals surface area contributed by atoms with E-state index < -0.39 is 15.7 Å². The van der Waals surface area contributed by atoms with Gasteiger partial charge in [-0.15, -0.1) is 0 Å². The van der Waals surface area contributed by atoms with Gasteiger partial charge >= 0.3 is 0 Å². The Bertz CT molecular complexity index is 383. The fraction of sp³-hybridized carbons (Fsp3) is 0.909. The fourth-order valence-electron chi connectivity index (χ4n) is 2.28. The standard InChI is InChI=1S/C11H22N2O4S/c1-9-2-4-13(10(9)8-14)5-7-18(16,17)6-3-11(12)15/h9-10,14H,2-8H2,1H3,(H2,12,15). The van der Waals surface area contributed by atoms with E-state index in [9.17, 15) is 18.3 Å². The third-order valence-corrected chi connectivity index (χ3v) is 5.16. The summed E-state index contributed by atoms with van der Waals surface area (Å²) in [4.78, 5) is 12.6. The maximum Gasteiger partial charge on any atom is 0.218 e. The summed E-state index contributed by atoms with van der Waals surface area (Å²) in [6, 6.07) is 0.0522. The number of nitrogens with zero attached hydrogens (tertiary/aromatic N) is 1. The van der Waals surface area contributed by atoms with E-state index in [0.717, 1.165) is 13.0 Å². The molecule has 0 radical (unpaired) electrons. The molecule has 0 aromatic carbocycles. The van der Waals surface area contributed by atoms with Gasteiger partial charge in [-0.25, -0.2) is 8.42 Å². The first kappa shape index (κ1) is 15.4. The largest absolute Gasteiger partial charge is 0.395 e. The van der Waals surface area contributed by atoms with Crippen molar-refractivity contribution in [3.8, 4) is 0 Å². The lowest BCUT2D eigenvalue weighted by Gasteiger charge is -2.24. The zero-order valence-electron chi connectivity index (χ0n) is 10.7. The molecule has 1 aliphatic heterocycles. The van der Waals surface area contributed by atoms with Gasteiger partial charge in [-0.2, -0.15) is 0 Å². The highest BCUT2D eigenvalue weighted by molar-refractivity contribution is 7.91. The van der Waals surface area contributed by atoms with Crippen molar-refractivity contribution in [1.82, 2.24) is 4.90 Å². The predicted octanol–water partition coefficient (Wildman–Crippen LogP) is -1.02. The van der Waals surface area contributed by atoms with Crippen molar-refractivity contribution in [3.05, 3.63) is 0 Å². The van der Waals surface area contributed by atoms with Crippen molar-refractivity contribution in [2.45, 2.75) is 25.8 Å².